The molecule has 0 rings (SSSR count). The maximum Gasteiger partial charge on any atom is 0.312 e. The Kier molecular flexibility index (Phi) is 8.42. The van der Waals surface area contributed by atoms with Gasteiger partial charge in [-0.3, -0.25) is 9.59 Å². The van der Waals surface area contributed by atoms with Crippen LogP contribution in [-0.4, -0.2) is 25.2 Å². The molecule has 0 heterocycles. The molecule has 0 spiro atoms. The summed E-state index contributed by atoms with van der Waals surface area (Å²) in [5.74, 6) is -0.586. The third kappa shape index (κ3) is 5.07. The Morgan fingerprint density at radius 3 is 2.06 bits per heavy atom. The average Bonchev–Trinajstić information content (AvgIpc) is 2.35. The number of hydrogen-bond acceptors (Lipinski definition) is 4. The van der Waals surface area contributed by atoms with Crippen LogP contribution >= 0.6 is 0 Å². The number of ether oxygens (including phenoxy) is 2. The highest BCUT2D eigenvalue weighted by Gasteiger charge is 2.40. The lowest BCUT2D eigenvalue weighted by Gasteiger charge is -2.29. The van der Waals surface area contributed by atoms with Gasteiger partial charge in [-0.15, -0.1) is 0 Å². The molecule has 0 amide bonds. The van der Waals surface area contributed by atoms with Gasteiger partial charge in [0.15, 0.2) is 0 Å². The molecule has 1 unspecified atom stereocenters. The number of rotatable bonds is 9. The summed E-state index contributed by atoms with van der Waals surface area (Å²) in [5.41, 5.74) is -0.710. The summed E-state index contributed by atoms with van der Waals surface area (Å²) in [7, 11) is 0. The van der Waals surface area contributed by atoms with E-state index in [9.17, 15) is 9.59 Å². The standard InChI is InChI=1S/C14H26O4/c1-5-9-10-14(6-2,13(16)18-8-4)11-12(15)17-7-3/h5-11H2,1-4H3. The van der Waals surface area contributed by atoms with Crippen molar-refractivity contribution in [1.82, 2.24) is 0 Å². The van der Waals surface area contributed by atoms with Crippen LogP contribution in [0, 0.1) is 5.41 Å². The van der Waals surface area contributed by atoms with Crippen LogP contribution in [0.3, 0.4) is 0 Å². The molecule has 0 aromatic heterocycles. The van der Waals surface area contributed by atoms with Crippen molar-refractivity contribution in [3.05, 3.63) is 0 Å². The van der Waals surface area contributed by atoms with Crippen LogP contribution in [0.1, 0.15) is 59.8 Å². The largest absolute Gasteiger partial charge is 0.466 e. The first kappa shape index (κ1) is 16.9. The van der Waals surface area contributed by atoms with Crippen LogP contribution in [0.4, 0.5) is 0 Å². The van der Waals surface area contributed by atoms with Gasteiger partial charge in [-0.1, -0.05) is 26.7 Å². The fourth-order valence-corrected chi connectivity index (χ4v) is 2.00. The lowest BCUT2D eigenvalue weighted by atomic mass is 9.77. The van der Waals surface area contributed by atoms with Gasteiger partial charge < -0.3 is 9.47 Å². The third-order valence-electron chi connectivity index (χ3n) is 3.18. The maximum atomic E-state index is 12.1. The van der Waals surface area contributed by atoms with E-state index in [4.69, 9.17) is 9.47 Å². The van der Waals surface area contributed by atoms with Crippen LogP contribution in [0.2, 0.25) is 0 Å². The highest BCUT2D eigenvalue weighted by molar-refractivity contribution is 5.83. The van der Waals surface area contributed by atoms with Gasteiger partial charge in [-0.2, -0.15) is 0 Å². The zero-order chi connectivity index (χ0) is 14.0. The van der Waals surface area contributed by atoms with E-state index >= 15 is 0 Å². The van der Waals surface area contributed by atoms with Crippen molar-refractivity contribution < 1.29 is 19.1 Å². The average molecular weight is 258 g/mol. The smallest absolute Gasteiger partial charge is 0.312 e. The van der Waals surface area contributed by atoms with Gasteiger partial charge in [-0.25, -0.2) is 0 Å². The Morgan fingerprint density at radius 2 is 1.61 bits per heavy atom. The molecule has 0 fully saturated rings. The van der Waals surface area contributed by atoms with E-state index in [0.717, 1.165) is 12.8 Å². The topological polar surface area (TPSA) is 52.6 Å². The fraction of sp³-hybridized carbons (Fsp3) is 0.857. The van der Waals surface area contributed by atoms with Crippen molar-refractivity contribution in [2.45, 2.75) is 59.8 Å². The highest BCUT2D eigenvalue weighted by atomic mass is 16.5. The Bertz CT molecular complexity index is 263. The summed E-state index contributed by atoms with van der Waals surface area (Å²) in [6.45, 7) is 8.22. The summed E-state index contributed by atoms with van der Waals surface area (Å²) >= 11 is 0. The third-order valence-corrected chi connectivity index (χ3v) is 3.18. The molecule has 0 aromatic rings. The number of carbonyl (C=O) groups excluding carboxylic acids is 2. The molecule has 1 atom stereocenters. The molecule has 0 saturated carbocycles. The lowest BCUT2D eigenvalue weighted by Crippen LogP contribution is -2.35. The first-order valence-electron chi connectivity index (χ1n) is 6.89. The molecular weight excluding hydrogens is 232 g/mol. The molecule has 0 aromatic carbocycles. The molecule has 0 radical (unpaired) electrons. The predicted molar refractivity (Wildman–Crippen MR) is 70.1 cm³/mol. The zero-order valence-corrected chi connectivity index (χ0v) is 12.1. The van der Waals surface area contributed by atoms with Crippen molar-refractivity contribution in [2.75, 3.05) is 13.2 Å². The SMILES string of the molecule is CCCCC(CC)(CC(=O)OCC)C(=O)OCC. The van der Waals surface area contributed by atoms with Gasteiger partial charge in [0.1, 0.15) is 0 Å². The van der Waals surface area contributed by atoms with Crippen LogP contribution in [0.25, 0.3) is 0 Å². The molecule has 0 aliphatic carbocycles. The number of carbonyl (C=O) groups is 2. The van der Waals surface area contributed by atoms with E-state index in [1.54, 1.807) is 13.8 Å². The zero-order valence-electron chi connectivity index (χ0n) is 12.1. The quantitative estimate of drug-likeness (QED) is 0.596. The molecule has 0 aliphatic rings. The predicted octanol–water partition coefficient (Wildman–Crippen LogP) is 3.09. The minimum absolute atomic E-state index is 0.121. The summed E-state index contributed by atoms with van der Waals surface area (Å²) in [6, 6.07) is 0. The van der Waals surface area contributed by atoms with Crippen LogP contribution in [-0.2, 0) is 19.1 Å². The molecule has 0 aliphatic heterocycles. The second-order valence-corrected chi connectivity index (χ2v) is 4.44. The fourth-order valence-electron chi connectivity index (χ4n) is 2.00. The van der Waals surface area contributed by atoms with E-state index in [0.29, 0.717) is 26.1 Å². The number of esters is 2. The van der Waals surface area contributed by atoms with Crippen molar-refractivity contribution in [3.63, 3.8) is 0 Å². The monoisotopic (exact) mass is 258 g/mol. The van der Waals surface area contributed by atoms with E-state index in [2.05, 4.69) is 6.92 Å². The number of hydrogen-bond donors (Lipinski definition) is 0. The van der Waals surface area contributed by atoms with Crippen LogP contribution in [0.15, 0.2) is 0 Å². The van der Waals surface area contributed by atoms with Gasteiger partial charge in [0.2, 0.25) is 0 Å². The Hall–Kier alpha value is -1.06. The second kappa shape index (κ2) is 8.95. The molecule has 18 heavy (non-hydrogen) atoms. The molecular formula is C14H26O4. The van der Waals surface area contributed by atoms with Gasteiger partial charge in [0.05, 0.1) is 25.0 Å². The normalized spacial score (nSPS) is 13.8. The van der Waals surface area contributed by atoms with Gasteiger partial charge in [-0.05, 0) is 26.7 Å². The molecule has 4 heteroatoms. The van der Waals surface area contributed by atoms with Gasteiger partial charge in [0.25, 0.3) is 0 Å². The van der Waals surface area contributed by atoms with E-state index in [-0.39, 0.29) is 18.4 Å². The molecule has 0 saturated heterocycles. The highest BCUT2D eigenvalue weighted by Crippen LogP contribution is 2.35. The van der Waals surface area contributed by atoms with Crippen molar-refractivity contribution in [2.24, 2.45) is 5.41 Å². The van der Waals surface area contributed by atoms with E-state index in [1.807, 2.05) is 6.92 Å². The molecule has 0 N–H and O–H groups in total. The van der Waals surface area contributed by atoms with E-state index < -0.39 is 5.41 Å². The summed E-state index contributed by atoms with van der Waals surface area (Å²) in [4.78, 5) is 23.8. The first-order chi connectivity index (χ1) is 8.56. The Labute approximate surface area is 110 Å². The van der Waals surface area contributed by atoms with Crippen molar-refractivity contribution >= 4 is 11.9 Å². The number of unbranched alkanes of at least 4 members (excludes halogenated alkanes) is 1. The van der Waals surface area contributed by atoms with Gasteiger partial charge in [0, 0.05) is 0 Å². The summed E-state index contributed by atoms with van der Waals surface area (Å²) < 4.78 is 10.1. The first-order valence-corrected chi connectivity index (χ1v) is 6.89. The van der Waals surface area contributed by atoms with Crippen LogP contribution in [0.5, 0.6) is 0 Å². The molecule has 4 nitrogen and oxygen atoms in total. The lowest BCUT2D eigenvalue weighted by molar-refractivity contribution is -0.163. The van der Waals surface area contributed by atoms with Crippen molar-refractivity contribution in [1.29, 1.82) is 0 Å². The Balaban J connectivity index is 4.84. The summed E-state index contributed by atoms with van der Waals surface area (Å²) in [5, 5.41) is 0. The van der Waals surface area contributed by atoms with E-state index in [1.165, 1.54) is 0 Å². The Morgan fingerprint density at radius 1 is 1.00 bits per heavy atom. The minimum Gasteiger partial charge on any atom is -0.466 e. The minimum atomic E-state index is -0.710. The van der Waals surface area contributed by atoms with Gasteiger partial charge >= 0.3 is 11.9 Å². The van der Waals surface area contributed by atoms with Crippen molar-refractivity contribution in [3.8, 4) is 0 Å². The molecule has 0 bridgehead atoms. The van der Waals surface area contributed by atoms with Crippen LogP contribution < -0.4 is 0 Å². The second-order valence-electron chi connectivity index (χ2n) is 4.44. The maximum absolute atomic E-state index is 12.1. The summed E-state index contributed by atoms with van der Waals surface area (Å²) in [6.07, 6.45) is 3.30. The molecule has 106 valence electrons.